The van der Waals surface area contributed by atoms with Crippen LogP contribution in [-0.2, 0) is 14.2 Å². The van der Waals surface area contributed by atoms with Gasteiger partial charge in [0.2, 0.25) is 0 Å². The van der Waals surface area contributed by atoms with Gasteiger partial charge in [-0.25, -0.2) is 0 Å². The summed E-state index contributed by atoms with van der Waals surface area (Å²) >= 11 is 5.93. The zero-order chi connectivity index (χ0) is 8.72. The van der Waals surface area contributed by atoms with Crippen LogP contribution in [0.4, 0.5) is 0 Å². The Balaban J connectivity index is 2.12. The highest BCUT2D eigenvalue weighted by Crippen LogP contribution is 2.33. The third kappa shape index (κ3) is 1.15. The van der Waals surface area contributed by atoms with Gasteiger partial charge in [0.15, 0.2) is 6.29 Å². The van der Waals surface area contributed by atoms with Crippen LogP contribution >= 0.6 is 11.6 Å². The molecule has 12 heavy (non-hydrogen) atoms. The Bertz CT molecular complexity index is 177. The molecule has 2 aliphatic rings. The molecule has 1 N–H and O–H groups in total. The Hall–Kier alpha value is 0.130. The van der Waals surface area contributed by atoms with Gasteiger partial charge in [-0.15, -0.1) is 11.6 Å². The summed E-state index contributed by atoms with van der Waals surface area (Å²) in [6.07, 6.45) is -1.88. The van der Waals surface area contributed by atoms with Gasteiger partial charge >= 0.3 is 0 Å². The minimum Gasteiger partial charge on any atom is -0.385 e. The number of rotatable bonds is 1. The topological polar surface area (TPSA) is 47.9 Å². The molecule has 2 saturated heterocycles. The molecule has 0 aromatic heterocycles. The lowest BCUT2D eigenvalue weighted by Crippen LogP contribution is -2.51. The minimum absolute atomic E-state index is 0.148. The van der Waals surface area contributed by atoms with Crippen molar-refractivity contribution in [3.63, 3.8) is 0 Å². The minimum atomic E-state index is -0.781. The van der Waals surface area contributed by atoms with Gasteiger partial charge < -0.3 is 19.3 Å². The number of aliphatic hydroxyl groups is 1. The summed E-state index contributed by atoms with van der Waals surface area (Å²) in [5.74, 6) is 0. The van der Waals surface area contributed by atoms with Crippen LogP contribution in [0.1, 0.15) is 0 Å². The SMILES string of the molecule is CO[C@H]1O[C@@H]2CO[C@H]([C@H]1O)[C@H]2Cl. The molecule has 0 amide bonds. The lowest BCUT2D eigenvalue weighted by atomic mass is 10.1. The summed E-state index contributed by atoms with van der Waals surface area (Å²) in [4.78, 5) is 0. The smallest absolute Gasteiger partial charge is 0.186 e. The molecule has 2 rings (SSSR count). The van der Waals surface area contributed by atoms with Crippen molar-refractivity contribution in [2.45, 2.75) is 30.0 Å². The van der Waals surface area contributed by atoms with Crippen molar-refractivity contribution in [1.82, 2.24) is 0 Å². The maximum atomic E-state index is 9.57. The Kier molecular flexibility index (Phi) is 2.27. The van der Waals surface area contributed by atoms with Crippen molar-refractivity contribution in [2.75, 3.05) is 13.7 Å². The molecule has 5 atom stereocenters. The van der Waals surface area contributed by atoms with E-state index < -0.39 is 12.4 Å². The van der Waals surface area contributed by atoms with Crippen LogP contribution in [0.5, 0.6) is 0 Å². The van der Waals surface area contributed by atoms with Gasteiger partial charge in [-0.05, 0) is 0 Å². The van der Waals surface area contributed by atoms with Crippen LogP contribution in [-0.4, -0.2) is 48.8 Å². The van der Waals surface area contributed by atoms with Crippen molar-refractivity contribution in [2.24, 2.45) is 0 Å². The lowest BCUT2D eigenvalue weighted by molar-refractivity contribution is -0.223. The van der Waals surface area contributed by atoms with E-state index in [1.54, 1.807) is 0 Å². The molecule has 2 bridgehead atoms. The van der Waals surface area contributed by atoms with Gasteiger partial charge in [0.25, 0.3) is 0 Å². The maximum Gasteiger partial charge on any atom is 0.186 e. The van der Waals surface area contributed by atoms with Crippen molar-refractivity contribution in [1.29, 1.82) is 0 Å². The Labute approximate surface area is 75.4 Å². The fraction of sp³-hybridized carbons (Fsp3) is 1.00. The zero-order valence-electron chi connectivity index (χ0n) is 6.64. The lowest BCUT2D eigenvalue weighted by Gasteiger charge is -2.33. The van der Waals surface area contributed by atoms with E-state index in [9.17, 15) is 5.11 Å². The average molecular weight is 195 g/mol. The Morgan fingerprint density at radius 2 is 2.33 bits per heavy atom. The summed E-state index contributed by atoms with van der Waals surface area (Å²) in [6.45, 7) is 0.440. The Morgan fingerprint density at radius 1 is 1.58 bits per heavy atom. The van der Waals surface area contributed by atoms with Gasteiger partial charge in [-0.2, -0.15) is 0 Å². The zero-order valence-corrected chi connectivity index (χ0v) is 7.40. The van der Waals surface area contributed by atoms with Crippen LogP contribution in [0.2, 0.25) is 0 Å². The fourth-order valence-electron chi connectivity index (χ4n) is 1.61. The second-order valence-corrected chi connectivity index (χ2v) is 3.52. The molecular weight excluding hydrogens is 184 g/mol. The molecule has 0 aromatic rings. The number of fused-ring (bicyclic) bond motifs is 2. The van der Waals surface area contributed by atoms with Crippen LogP contribution in [0.15, 0.2) is 0 Å². The molecule has 0 spiro atoms. The number of aliphatic hydroxyl groups excluding tert-OH is 1. The highest BCUT2D eigenvalue weighted by molar-refractivity contribution is 6.21. The third-order valence-electron chi connectivity index (χ3n) is 2.28. The van der Waals surface area contributed by atoms with Crippen molar-refractivity contribution in [3.05, 3.63) is 0 Å². The van der Waals surface area contributed by atoms with Gasteiger partial charge in [0.1, 0.15) is 18.3 Å². The molecule has 0 unspecified atom stereocenters. The number of ether oxygens (including phenoxy) is 3. The molecule has 2 fully saturated rings. The number of methoxy groups -OCH3 is 1. The van der Waals surface area contributed by atoms with Crippen LogP contribution < -0.4 is 0 Å². The molecule has 2 aliphatic heterocycles. The quantitative estimate of drug-likeness (QED) is 0.584. The predicted octanol–water partition coefficient (Wildman–Crippen LogP) is -0.275. The molecule has 70 valence electrons. The second kappa shape index (κ2) is 3.12. The van der Waals surface area contributed by atoms with E-state index in [1.165, 1.54) is 7.11 Å². The van der Waals surface area contributed by atoms with Gasteiger partial charge in [-0.1, -0.05) is 0 Å². The first-order valence-corrected chi connectivity index (χ1v) is 4.29. The van der Waals surface area contributed by atoms with Crippen molar-refractivity contribution in [3.8, 4) is 0 Å². The van der Waals surface area contributed by atoms with E-state index in [2.05, 4.69) is 0 Å². The van der Waals surface area contributed by atoms with E-state index in [-0.39, 0.29) is 17.6 Å². The first kappa shape index (κ1) is 8.72. The van der Waals surface area contributed by atoms with Gasteiger partial charge in [-0.3, -0.25) is 0 Å². The number of halogens is 1. The molecule has 5 heteroatoms. The molecule has 2 heterocycles. The second-order valence-electron chi connectivity index (χ2n) is 3.01. The van der Waals surface area contributed by atoms with Crippen LogP contribution in [0, 0.1) is 0 Å². The molecule has 0 radical (unpaired) electrons. The summed E-state index contributed by atoms with van der Waals surface area (Å²) in [7, 11) is 1.49. The molecular formula is C7H11ClO4. The molecule has 0 saturated carbocycles. The van der Waals surface area contributed by atoms with E-state index in [0.717, 1.165) is 0 Å². The third-order valence-corrected chi connectivity index (χ3v) is 2.81. The van der Waals surface area contributed by atoms with Crippen molar-refractivity contribution < 1.29 is 19.3 Å². The van der Waals surface area contributed by atoms with Gasteiger partial charge in [0, 0.05) is 7.11 Å². The molecule has 4 nitrogen and oxygen atoms in total. The molecule has 0 aromatic carbocycles. The summed E-state index contributed by atoms with van der Waals surface area (Å²) in [5, 5.41) is 9.31. The Morgan fingerprint density at radius 3 is 3.00 bits per heavy atom. The van der Waals surface area contributed by atoms with Crippen LogP contribution in [0.3, 0.4) is 0 Å². The number of hydrogen-bond acceptors (Lipinski definition) is 4. The van der Waals surface area contributed by atoms with E-state index in [4.69, 9.17) is 25.8 Å². The number of hydrogen-bond donors (Lipinski definition) is 1. The van der Waals surface area contributed by atoms with Crippen LogP contribution in [0.25, 0.3) is 0 Å². The van der Waals surface area contributed by atoms with E-state index in [1.807, 2.05) is 0 Å². The first-order chi connectivity index (χ1) is 5.74. The standard InChI is InChI=1S/C7H11ClO4/c1-10-7-5(9)6-4(8)3(12-7)2-11-6/h3-7,9H,2H2,1H3/t3-,4+,5-,6+,7+/m1/s1. The van der Waals surface area contributed by atoms with Crippen molar-refractivity contribution >= 4 is 11.6 Å². The normalized spacial score (nSPS) is 52.8. The number of alkyl halides is 1. The predicted molar refractivity (Wildman–Crippen MR) is 41.1 cm³/mol. The fourth-order valence-corrected chi connectivity index (χ4v) is 1.96. The average Bonchev–Trinajstić information content (AvgIpc) is 2.31. The monoisotopic (exact) mass is 194 g/mol. The van der Waals surface area contributed by atoms with Gasteiger partial charge in [0.05, 0.1) is 12.0 Å². The largest absolute Gasteiger partial charge is 0.385 e. The summed E-state index contributed by atoms with van der Waals surface area (Å²) in [5.41, 5.74) is 0. The first-order valence-electron chi connectivity index (χ1n) is 3.86. The summed E-state index contributed by atoms with van der Waals surface area (Å²) in [6, 6.07) is 0. The summed E-state index contributed by atoms with van der Waals surface area (Å²) < 4.78 is 15.5. The highest BCUT2D eigenvalue weighted by atomic mass is 35.5. The van der Waals surface area contributed by atoms with E-state index in [0.29, 0.717) is 6.61 Å². The van der Waals surface area contributed by atoms with E-state index >= 15 is 0 Å². The molecule has 0 aliphatic carbocycles. The maximum absolute atomic E-state index is 9.57. The highest BCUT2D eigenvalue weighted by Gasteiger charge is 2.50.